The van der Waals surface area contributed by atoms with Crippen LogP contribution < -0.4 is 5.32 Å². The number of nitrogens with zero attached hydrogens (tertiary/aromatic N) is 2. The van der Waals surface area contributed by atoms with Crippen molar-refractivity contribution in [3.05, 3.63) is 18.2 Å². The summed E-state index contributed by atoms with van der Waals surface area (Å²) >= 11 is 0. The maximum Gasteiger partial charge on any atom is 0.224 e. The number of hydrogen-bond donors (Lipinski definition) is 1. The molecule has 3 aliphatic rings. The van der Waals surface area contributed by atoms with Crippen molar-refractivity contribution in [1.82, 2.24) is 14.9 Å². The van der Waals surface area contributed by atoms with E-state index in [0.29, 0.717) is 30.9 Å². The highest BCUT2D eigenvalue weighted by Gasteiger charge is 2.67. The number of amides is 1. The van der Waals surface area contributed by atoms with E-state index in [9.17, 15) is 4.79 Å². The minimum atomic E-state index is 0.265. The highest BCUT2D eigenvalue weighted by molar-refractivity contribution is 5.82. The first-order valence-electron chi connectivity index (χ1n) is 8.05. The normalized spacial score (nSPS) is 35.8. The van der Waals surface area contributed by atoms with E-state index in [-0.39, 0.29) is 5.91 Å². The van der Waals surface area contributed by atoms with Crippen molar-refractivity contribution in [2.75, 3.05) is 13.7 Å². The number of nitrogens with one attached hydrogen (secondary N) is 1. The Balaban J connectivity index is 1.32. The minimum absolute atomic E-state index is 0.265. The van der Waals surface area contributed by atoms with Crippen molar-refractivity contribution < 1.29 is 9.53 Å². The summed E-state index contributed by atoms with van der Waals surface area (Å²) in [6.07, 6.45) is 7.74. The molecule has 0 aliphatic heterocycles. The number of hydrogen-bond acceptors (Lipinski definition) is 3. The van der Waals surface area contributed by atoms with E-state index < -0.39 is 0 Å². The van der Waals surface area contributed by atoms with E-state index in [1.54, 1.807) is 13.4 Å². The first-order valence-corrected chi connectivity index (χ1v) is 8.05. The van der Waals surface area contributed by atoms with Crippen molar-refractivity contribution in [2.24, 2.45) is 29.6 Å². The third-order valence-electron chi connectivity index (χ3n) is 5.82. The molecule has 21 heavy (non-hydrogen) atoms. The van der Waals surface area contributed by atoms with Crippen LogP contribution in [0.15, 0.2) is 12.5 Å². The van der Waals surface area contributed by atoms with Crippen molar-refractivity contribution in [2.45, 2.75) is 32.4 Å². The van der Waals surface area contributed by atoms with Crippen LogP contribution in [0.25, 0.3) is 0 Å². The van der Waals surface area contributed by atoms with Crippen LogP contribution in [0.2, 0.25) is 0 Å². The molecular formula is C16H23N3O2. The van der Waals surface area contributed by atoms with Gasteiger partial charge in [-0.05, 0) is 42.9 Å². The summed E-state index contributed by atoms with van der Waals surface area (Å²) in [4.78, 5) is 16.6. The van der Waals surface area contributed by atoms with Gasteiger partial charge >= 0.3 is 0 Å². The molecule has 0 radical (unpaired) electrons. The lowest BCUT2D eigenvalue weighted by Crippen LogP contribution is -2.28. The lowest BCUT2D eigenvalue weighted by atomic mass is 10.0. The number of rotatable bonds is 6. The number of methoxy groups -OCH3 is 1. The van der Waals surface area contributed by atoms with Crippen molar-refractivity contribution in [3.63, 3.8) is 0 Å². The largest absolute Gasteiger partial charge is 0.383 e. The van der Waals surface area contributed by atoms with Gasteiger partial charge in [-0.25, -0.2) is 4.98 Å². The summed E-state index contributed by atoms with van der Waals surface area (Å²) in [6, 6.07) is 0. The Morgan fingerprint density at radius 2 is 2.19 bits per heavy atom. The summed E-state index contributed by atoms with van der Waals surface area (Å²) in [5.74, 6) is 3.70. The maximum atomic E-state index is 12.4. The Bertz CT molecular complexity index is 525. The topological polar surface area (TPSA) is 56.1 Å². The van der Waals surface area contributed by atoms with Crippen LogP contribution in [-0.2, 0) is 22.6 Å². The van der Waals surface area contributed by atoms with Crippen LogP contribution in [0.4, 0.5) is 0 Å². The summed E-state index contributed by atoms with van der Waals surface area (Å²) in [5.41, 5.74) is 1.05. The number of ether oxygens (including phenoxy) is 1. The summed E-state index contributed by atoms with van der Waals surface area (Å²) in [6.45, 7) is 2.02. The molecule has 3 fully saturated rings. The monoisotopic (exact) mass is 289 g/mol. The number of fused-ring (bicyclic) bond motifs is 5. The molecule has 1 aromatic rings. The van der Waals surface area contributed by atoms with Crippen molar-refractivity contribution in [1.29, 1.82) is 0 Å². The zero-order valence-corrected chi connectivity index (χ0v) is 12.5. The molecule has 4 rings (SSSR count). The fraction of sp³-hybridized carbons (Fsp3) is 0.750. The van der Waals surface area contributed by atoms with Gasteiger partial charge < -0.3 is 14.6 Å². The average Bonchev–Trinajstić information content (AvgIpc) is 2.85. The minimum Gasteiger partial charge on any atom is -0.383 e. The second-order valence-corrected chi connectivity index (χ2v) is 6.80. The maximum absolute atomic E-state index is 12.4. The molecule has 0 spiro atoms. The smallest absolute Gasteiger partial charge is 0.224 e. The van der Waals surface area contributed by atoms with Gasteiger partial charge in [0, 0.05) is 25.8 Å². The molecular weight excluding hydrogens is 266 g/mol. The zero-order valence-electron chi connectivity index (χ0n) is 12.5. The molecule has 5 nitrogen and oxygen atoms in total. The standard InChI is InChI=1S/C16H23N3O2/c1-21-5-4-19-9-17-7-12(19)8-18-16(20)15-13-10-2-3-11(6-10)14(13)15/h7,9-11,13-15H,2-6,8H2,1H3,(H,18,20). The third kappa shape index (κ3) is 2.18. The van der Waals surface area contributed by atoms with E-state index in [4.69, 9.17) is 4.74 Å². The van der Waals surface area contributed by atoms with Gasteiger partial charge in [-0.3, -0.25) is 4.79 Å². The molecule has 3 aliphatic carbocycles. The van der Waals surface area contributed by atoms with Gasteiger partial charge in [-0.1, -0.05) is 0 Å². The molecule has 1 heterocycles. The molecule has 114 valence electrons. The van der Waals surface area contributed by atoms with Crippen LogP contribution in [-0.4, -0.2) is 29.2 Å². The van der Waals surface area contributed by atoms with E-state index in [1.807, 2.05) is 10.8 Å². The quantitative estimate of drug-likeness (QED) is 0.862. The fourth-order valence-electron chi connectivity index (χ4n) is 4.86. The van der Waals surface area contributed by atoms with Crippen LogP contribution >= 0.6 is 0 Å². The number of aromatic nitrogens is 2. The zero-order chi connectivity index (χ0) is 14.4. The van der Waals surface area contributed by atoms with Gasteiger partial charge in [0.25, 0.3) is 0 Å². The molecule has 1 aromatic heterocycles. The fourth-order valence-corrected chi connectivity index (χ4v) is 4.86. The van der Waals surface area contributed by atoms with Crippen LogP contribution in [0, 0.1) is 29.6 Å². The molecule has 4 unspecified atom stereocenters. The Morgan fingerprint density at radius 3 is 2.90 bits per heavy atom. The summed E-state index contributed by atoms with van der Waals surface area (Å²) < 4.78 is 7.13. The molecule has 1 amide bonds. The highest BCUT2D eigenvalue weighted by atomic mass is 16.5. The van der Waals surface area contributed by atoms with Gasteiger partial charge in [0.2, 0.25) is 5.91 Å². The number of carbonyl (C=O) groups excluding carboxylic acids is 1. The van der Waals surface area contributed by atoms with E-state index in [2.05, 4.69) is 10.3 Å². The Morgan fingerprint density at radius 1 is 1.43 bits per heavy atom. The third-order valence-corrected chi connectivity index (χ3v) is 5.82. The van der Waals surface area contributed by atoms with Crippen LogP contribution in [0.3, 0.4) is 0 Å². The molecule has 0 saturated heterocycles. The molecule has 2 bridgehead atoms. The van der Waals surface area contributed by atoms with Gasteiger partial charge in [0.1, 0.15) is 0 Å². The van der Waals surface area contributed by atoms with E-state index in [1.165, 1.54) is 19.3 Å². The van der Waals surface area contributed by atoms with Gasteiger partial charge in [-0.2, -0.15) is 0 Å². The number of carbonyl (C=O) groups is 1. The lowest BCUT2D eigenvalue weighted by Gasteiger charge is -2.11. The summed E-state index contributed by atoms with van der Waals surface area (Å²) in [7, 11) is 1.69. The van der Waals surface area contributed by atoms with Crippen LogP contribution in [0.5, 0.6) is 0 Å². The van der Waals surface area contributed by atoms with Gasteiger partial charge in [0.05, 0.1) is 25.2 Å². The molecule has 4 atom stereocenters. The Labute approximate surface area is 125 Å². The van der Waals surface area contributed by atoms with E-state index >= 15 is 0 Å². The van der Waals surface area contributed by atoms with Crippen LogP contribution in [0.1, 0.15) is 25.0 Å². The van der Waals surface area contributed by atoms with Gasteiger partial charge in [-0.15, -0.1) is 0 Å². The van der Waals surface area contributed by atoms with Crippen molar-refractivity contribution in [3.8, 4) is 0 Å². The Kier molecular flexibility index (Phi) is 3.25. The predicted octanol–water partition coefficient (Wildman–Crippen LogP) is 1.44. The van der Waals surface area contributed by atoms with Gasteiger partial charge in [0.15, 0.2) is 0 Å². The Hall–Kier alpha value is -1.36. The molecule has 5 heteroatoms. The highest BCUT2D eigenvalue weighted by Crippen LogP contribution is 2.69. The second-order valence-electron chi connectivity index (χ2n) is 6.80. The average molecular weight is 289 g/mol. The number of imidazole rings is 1. The van der Waals surface area contributed by atoms with Crippen molar-refractivity contribution >= 4 is 5.91 Å². The van der Waals surface area contributed by atoms with E-state index in [0.717, 1.165) is 24.1 Å². The predicted molar refractivity (Wildman–Crippen MR) is 77.3 cm³/mol. The second kappa shape index (κ2) is 5.13. The molecule has 0 aromatic carbocycles. The molecule has 3 saturated carbocycles. The first-order chi connectivity index (χ1) is 10.3. The SMILES string of the molecule is COCCn1cncc1CNC(=O)C1C2C3CCC(C3)C12. The molecule has 1 N–H and O–H groups in total. The lowest BCUT2D eigenvalue weighted by molar-refractivity contribution is -0.123. The first kappa shape index (κ1) is 13.3. The summed E-state index contributed by atoms with van der Waals surface area (Å²) in [5, 5.41) is 3.12.